The number of carbonyl (C=O) groups is 1. The molecule has 0 radical (unpaired) electrons. The molecule has 2 heteroatoms. The maximum atomic E-state index is 10.9. The molecule has 0 aromatic rings. The molecule has 0 saturated carbocycles. The summed E-state index contributed by atoms with van der Waals surface area (Å²) in [6, 6.07) is 0.302. The molecule has 2 nitrogen and oxygen atoms in total. The second-order valence-electron chi connectivity index (χ2n) is 2.95. The highest BCUT2D eigenvalue weighted by molar-refractivity contribution is 5.79. The van der Waals surface area contributed by atoms with E-state index in [0.717, 1.165) is 6.42 Å². The molecule has 11 heavy (non-hydrogen) atoms. The molecule has 0 aromatic carbocycles. The second-order valence-corrected chi connectivity index (χ2v) is 2.95. The largest absolute Gasteiger partial charge is 0.350 e. The predicted octanol–water partition coefficient (Wildman–Crippen LogP) is 1.62. The lowest BCUT2D eigenvalue weighted by molar-refractivity contribution is -0.121. The summed E-state index contributed by atoms with van der Waals surface area (Å²) in [4.78, 5) is 10.9. The molecule has 0 spiro atoms. The average Bonchev–Trinajstić information content (AvgIpc) is 2.01. The fourth-order valence-electron chi connectivity index (χ4n) is 1.25. The van der Waals surface area contributed by atoms with Crippen molar-refractivity contribution in [2.45, 2.75) is 38.6 Å². The third-order valence-electron chi connectivity index (χ3n) is 1.89. The lowest BCUT2D eigenvalue weighted by Crippen LogP contribution is -2.35. The molecule has 1 aliphatic heterocycles. The molecule has 0 aromatic heterocycles. The minimum atomic E-state index is 0.161. The van der Waals surface area contributed by atoms with Crippen molar-refractivity contribution in [3.05, 3.63) is 12.2 Å². The van der Waals surface area contributed by atoms with E-state index in [4.69, 9.17) is 0 Å². The van der Waals surface area contributed by atoms with Crippen molar-refractivity contribution in [1.29, 1.82) is 0 Å². The summed E-state index contributed by atoms with van der Waals surface area (Å²) in [7, 11) is 0. The molecular formula is C9H15NO. The summed E-state index contributed by atoms with van der Waals surface area (Å²) >= 11 is 0. The van der Waals surface area contributed by atoms with Gasteiger partial charge in [0.25, 0.3) is 0 Å². The van der Waals surface area contributed by atoms with Crippen molar-refractivity contribution in [3.8, 4) is 0 Å². The minimum absolute atomic E-state index is 0.161. The van der Waals surface area contributed by atoms with Crippen LogP contribution in [-0.4, -0.2) is 11.9 Å². The van der Waals surface area contributed by atoms with E-state index in [1.165, 1.54) is 12.8 Å². The van der Waals surface area contributed by atoms with Crippen molar-refractivity contribution in [3.63, 3.8) is 0 Å². The third kappa shape index (κ3) is 2.74. The molecule has 1 amide bonds. The van der Waals surface area contributed by atoms with Crippen molar-refractivity contribution < 1.29 is 4.79 Å². The van der Waals surface area contributed by atoms with Gasteiger partial charge in [-0.2, -0.15) is 0 Å². The molecule has 62 valence electrons. The highest BCUT2D eigenvalue weighted by atomic mass is 16.1. The molecule has 1 aliphatic rings. The van der Waals surface area contributed by atoms with Gasteiger partial charge >= 0.3 is 0 Å². The van der Waals surface area contributed by atoms with Crippen LogP contribution in [-0.2, 0) is 4.79 Å². The van der Waals surface area contributed by atoms with Crippen molar-refractivity contribution in [2.24, 2.45) is 0 Å². The van der Waals surface area contributed by atoms with Crippen LogP contribution in [0.15, 0.2) is 12.2 Å². The molecule has 1 rings (SSSR count). The van der Waals surface area contributed by atoms with Crippen molar-refractivity contribution >= 4 is 5.91 Å². The van der Waals surface area contributed by atoms with Crippen LogP contribution in [0.3, 0.4) is 0 Å². The fourth-order valence-corrected chi connectivity index (χ4v) is 1.25. The molecule has 1 heterocycles. The van der Waals surface area contributed by atoms with Crippen molar-refractivity contribution in [1.82, 2.24) is 5.32 Å². The van der Waals surface area contributed by atoms with E-state index in [9.17, 15) is 4.79 Å². The Morgan fingerprint density at radius 2 is 2.55 bits per heavy atom. The van der Waals surface area contributed by atoms with Gasteiger partial charge in [-0.05, 0) is 6.42 Å². The SMILES string of the molecule is CCCCC1C=CCC(=O)N1. The van der Waals surface area contributed by atoms with Gasteiger partial charge in [0.1, 0.15) is 0 Å². The first-order valence-corrected chi connectivity index (χ1v) is 4.29. The smallest absolute Gasteiger partial charge is 0.224 e. The maximum Gasteiger partial charge on any atom is 0.224 e. The number of rotatable bonds is 3. The van der Waals surface area contributed by atoms with Crippen LogP contribution in [0.4, 0.5) is 0 Å². The zero-order valence-corrected chi connectivity index (χ0v) is 6.97. The Morgan fingerprint density at radius 1 is 1.73 bits per heavy atom. The van der Waals surface area contributed by atoms with E-state index in [1.807, 2.05) is 6.08 Å². The molecule has 0 fully saturated rings. The first kappa shape index (κ1) is 8.31. The molecule has 0 bridgehead atoms. The number of amides is 1. The number of hydrogen-bond acceptors (Lipinski definition) is 1. The number of unbranched alkanes of at least 4 members (excludes halogenated alkanes) is 1. The zero-order valence-electron chi connectivity index (χ0n) is 6.97. The highest BCUT2D eigenvalue weighted by Gasteiger charge is 2.11. The van der Waals surface area contributed by atoms with Crippen LogP contribution >= 0.6 is 0 Å². The molecular weight excluding hydrogens is 138 g/mol. The molecule has 1 atom stereocenters. The molecule has 0 aliphatic carbocycles. The summed E-state index contributed by atoms with van der Waals surface area (Å²) in [6.07, 6.45) is 8.08. The predicted molar refractivity (Wildman–Crippen MR) is 45.2 cm³/mol. The topological polar surface area (TPSA) is 29.1 Å². The van der Waals surface area contributed by atoms with E-state index in [2.05, 4.69) is 18.3 Å². The Balaban J connectivity index is 2.28. The first-order chi connectivity index (χ1) is 5.33. The Bertz CT molecular complexity index is 163. The van der Waals surface area contributed by atoms with Gasteiger partial charge in [-0.25, -0.2) is 0 Å². The molecule has 0 saturated heterocycles. The van der Waals surface area contributed by atoms with E-state index >= 15 is 0 Å². The lowest BCUT2D eigenvalue weighted by Gasteiger charge is -2.17. The Hall–Kier alpha value is -0.790. The number of hydrogen-bond donors (Lipinski definition) is 1. The van der Waals surface area contributed by atoms with E-state index in [0.29, 0.717) is 12.5 Å². The summed E-state index contributed by atoms with van der Waals surface area (Å²) in [5, 5.41) is 2.93. The summed E-state index contributed by atoms with van der Waals surface area (Å²) < 4.78 is 0. The van der Waals surface area contributed by atoms with Gasteiger partial charge in [0.05, 0.1) is 0 Å². The van der Waals surface area contributed by atoms with E-state index in [-0.39, 0.29) is 5.91 Å². The van der Waals surface area contributed by atoms with Crippen LogP contribution in [0.2, 0.25) is 0 Å². The Morgan fingerprint density at radius 3 is 3.18 bits per heavy atom. The van der Waals surface area contributed by atoms with Gasteiger partial charge in [-0.15, -0.1) is 0 Å². The maximum absolute atomic E-state index is 10.9. The Labute approximate surface area is 67.7 Å². The van der Waals surface area contributed by atoms with Crippen LogP contribution in [0.5, 0.6) is 0 Å². The lowest BCUT2D eigenvalue weighted by atomic mass is 10.1. The summed E-state index contributed by atoms with van der Waals surface area (Å²) in [5.74, 6) is 0.161. The fraction of sp³-hybridized carbons (Fsp3) is 0.667. The standard InChI is InChI=1S/C9H15NO/c1-2-3-5-8-6-4-7-9(11)10-8/h4,6,8H,2-3,5,7H2,1H3,(H,10,11). The molecule has 1 unspecified atom stereocenters. The highest BCUT2D eigenvalue weighted by Crippen LogP contribution is 2.06. The second kappa shape index (κ2) is 4.16. The van der Waals surface area contributed by atoms with Gasteiger partial charge < -0.3 is 5.32 Å². The van der Waals surface area contributed by atoms with Crippen LogP contribution < -0.4 is 5.32 Å². The quantitative estimate of drug-likeness (QED) is 0.613. The van der Waals surface area contributed by atoms with Gasteiger partial charge in [0.15, 0.2) is 0 Å². The van der Waals surface area contributed by atoms with Gasteiger partial charge in [-0.1, -0.05) is 31.9 Å². The van der Waals surface area contributed by atoms with Gasteiger partial charge in [0.2, 0.25) is 5.91 Å². The summed E-state index contributed by atoms with van der Waals surface area (Å²) in [6.45, 7) is 2.16. The van der Waals surface area contributed by atoms with Crippen molar-refractivity contribution in [2.75, 3.05) is 0 Å². The number of carbonyl (C=O) groups excluding carboxylic acids is 1. The molecule has 1 N–H and O–H groups in total. The summed E-state index contributed by atoms with van der Waals surface area (Å²) in [5.41, 5.74) is 0. The van der Waals surface area contributed by atoms with Crippen LogP contribution in [0.1, 0.15) is 32.6 Å². The monoisotopic (exact) mass is 153 g/mol. The van der Waals surface area contributed by atoms with Gasteiger partial charge in [-0.3, -0.25) is 4.79 Å². The third-order valence-corrected chi connectivity index (χ3v) is 1.89. The first-order valence-electron chi connectivity index (χ1n) is 4.29. The van der Waals surface area contributed by atoms with Crippen LogP contribution in [0.25, 0.3) is 0 Å². The van der Waals surface area contributed by atoms with E-state index in [1.54, 1.807) is 0 Å². The Kier molecular flexibility index (Phi) is 3.14. The minimum Gasteiger partial charge on any atom is -0.350 e. The number of nitrogens with one attached hydrogen (secondary N) is 1. The van der Waals surface area contributed by atoms with E-state index < -0.39 is 0 Å². The van der Waals surface area contributed by atoms with Crippen LogP contribution in [0, 0.1) is 0 Å². The average molecular weight is 153 g/mol. The van der Waals surface area contributed by atoms with Gasteiger partial charge in [0, 0.05) is 12.5 Å². The zero-order chi connectivity index (χ0) is 8.10. The normalized spacial score (nSPS) is 23.4.